The summed E-state index contributed by atoms with van der Waals surface area (Å²) < 4.78 is 12.6. The van der Waals surface area contributed by atoms with Crippen molar-refractivity contribution in [2.45, 2.75) is 19.0 Å². The lowest BCUT2D eigenvalue weighted by Gasteiger charge is -2.12. The molecule has 0 aliphatic rings. The van der Waals surface area contributed by atoms with E-state index < -0.39 is 0 Å². The zero-order chi connectivity index (χ0) is 24.1. The highest BCUT2D eigenvalue weighted by atomic mass is 32.2. The van der Waals surface area contributed by atoms with E-state index in [2.05, 4.69) is 21.6 Å². The van der Waals surface area contributed by atoms with E-state index in [-0.39, 0.29) is 11.7 Å². The molecule has 7 nitrogen and oxygen atoms in total. The molecule has 1 N–H and O–H groups in total. The third-order valence-corrected chi connectivity index (χ3v) is 6.13. The van der Waals surface area contributed by atoms with Gasteiger partial charge in [0.1, 0.15) is 11.5 Å². The molecule has 174 valence electrons. The Morgan fingerprint density at radius 3 is 2.41 bits per heavy atom. The smallest absolute Gasteiger partial charge is 0.234 e. The Kier molecular flexibility index (Phi) is 7.18. The van der Waals surface area contributed by atoms with Crippen molar-refractivity contribution in [3.05, 3.63) is 77.9 Å². The van der Waals surface area contributed by atoms with Crippen LogP contribution in [0.5, 0.6) is 11.5 Å². The van der Waals surface area contributed by atoms with Gasteiger partial charge in [-0.05, 0) is 61.9 Å². The lowest BCUT2D eigenvalue weighted by Crippen LogP contribution is -2.15. The molecule has 4 rings (SSSR count). The lowest BCUT2D eigenvalue weighted by molar-refractivity contribution is -0.113. The van der Waals surface area contributed by atoms with Crippen molar-refractivity contribution in [2.75, 3.05) is 25.3 Å². The first kappa shape index (κ1) is 23.4. The van der Waals surface area contributed by atoms with Gasteiger partial charge in [-0.2, -0.15) is 0 Å². The van der Waals surface area contributed by atoms with Crippen LogP contribution in [-0.4, -0.2) is 40.6 Å². The first-order valence-electron chi connectivity index (χ1n) is 10.7. The van der Waals surface area contributed by atoms with Crippen molar-refractivity contribution in [3.8, 4) is 28.6 Å². The van der Waals surface area contributed by atoms with Crippen LogP contribution in [0.3, 0.4) is 0 Å². The summed E-state index contributed by atoms with van der Waals surface area (Å²) in [7, 11) is 3.22. The fourth-order valence-electron chi connectivity index (χ4n) is 3.53. The third-order valence-electron chi connectivity index (χ3n) is 5.20. The van der Waals surface area contributed by atoms with Gasteiger partial charge in [0, 0.05) is 11.3 Å². The molecule has 0 spiro atoms. The number of rotatable bonds is 8. The maximum absolute atomic E-state index is 12.8. The lowest BCUT2D eigenvalue weighted by atomic mass is 10.1. The Bertz CT molecular complexity index is 1300. The van der Waals surface area contributed by atoms with Gasteiger partial charge in [0.15, 0.2) is 11.0 Å². The summed E-state index contributed by atoms with van der Waals surface area (Å²) in [6.45, 7) is 4.01. The van der Waals surface area contributed by atoms with Crippen molar-refractivity contribution in [2.24, 2.45) is 0 Å². The summed E-state index contributed by atoms with van der Waals surface area (Å²) >= 11 is 1.32. The molecule has 1 amide bonds. The standard InChI is InChI=1S/C26H26N4O3S/c1-17-6-5-7-19(14-17)25-28-29-26(30(25)20-9-11-21(32-3)12-10-20)34-16-24(31)27-22-15-18(2)8-13-23(22)33-4/h5-15H,16H2,1-4H3,(H,27,31). The Labute approximate surface area is 203 Å². The summed E-state index contributed by atoms with van der Waals surface area (Å²) in [5.74, 6) is 2.09. The summed E-state index contributed by atoms with van der Waals surface area (Å²) in [4.78, 5) is 12.8. The number of thioether (sulfide) groups is 1. The van der Waals surface area contributed by atoms with E-state index in [1.54, 1.807) is 14.2 Å². The topological polar surface area (TPSA) is 78.3 Å². The van der Waals surface area contributed by atoms with Crippen molar-refractivity contribution in [1.29, 1.82) is 0 Å². The third kappa shape index (κ3) is 5.23. The number of hydrogen-bond donors (Lipinski definition) is 1. The van der Waals surface area contributed by atoms with E-state index >= 15 is 0 Å². The van der Waals surface area contributed by atoms with Crippen molar-refractivity contribution < 1.29 is 14.3 Å². The number of benzene rings is 3. The summed E-state index contributed by atoms with van der Waals surface area (Å²) in [6.07, 6.45) is 0. The van der Waals surface area contributed by atoms with E-state index in [9.17, 15) is 4.79 Å². The second kappa shape index (κ2) is 10.4. The zero-order valence-electron chi connectivity index (χ0n) is 19.5. The normalized spacial score (nSPS) is 10.7. The van der Waals surface area contributed by atoms with Gasteiger partial charge in [-0.1, -0.05) is 41.6 Å². The fourth-order valence-corrected chi connectivity index (χ4v) is 4.29. The second-order valence-electron chi connectivity index (χ2n) is 7.75. The molecule has 0 aliphatic heterocycles. The van der Waals surface area contributed by atoms with E-state index in [0.717, 1.165) is 28.1 Å². The Hall–Kier alpha value is -3.78. The molecular weight excluding hydrogens is 448 g/mol. The van der Waals surface area contributed by atoms with E-state index in [4.69, 9.17) is 9.47 Å². The predicted octanol–water partition coefficient (Wildman–Crippen LogP) is 5.30. The second-order valence-corrected chi connectivity index (χ2v) is 8.69. The van der Waals surface area contributed by atoms with Gasteiger partial charge in [-0.3, -0.25) is 9.36 Å². The Morgan fingerprint density at radius 2 is 1.71 bits per heavy atom. The van der Waals surface area contributed by atoms with Gasteiger partial charge in [-0.15, -0.1) is 10.2 Å². The molecule has 34 heavy (non-hydrogen) atoms. The number of anilines is 1. The average molecular weight is 475 g/mol. The zero-order valence-corrected chi connectivity index (χ0v) is 20.3. The molecular formula is C26H26N4O3S. The highest BCUT2D eigenvalue weighted by Crippen LogP contribution is 2.30. The minimum absolute atomic E-state index is 0.157. The summed E-state index contributed by atoms with van der Waals surface area (Å²) in [6, 6.07) is 21.4. The largest absolute Gasteiger partial charge is 0.497 e. The number of carbonyl (C=O) groups excluding carboxylic acids is 1. The molecule has 0 bridgehead atoms. The number of ether oxygens (including phenoxy) is 2. The number of amides is 1. The molecule has 0 fully saturated rings. The van der Waals surface area contributed by atoms with Gasteiger partial charge in [0.2, 0.25) is 5.91 Å². The van der Waals surface area contributed by atoms with Crippen molar-refractivity contribution >= 4 is 23.4 Å². The van der Waals surface area contributed by atoms with Crippen LogP contribution in [0.15, 0.2) is 71.9 Å². The number of nitrogens with one attached hydrogen (secondary N) is 1. The van der Waals surface area contributed by atoms with Gasteiger partial charge >= 0.3 is 0 Å². The molecule has 1 heterocycles. The molecule has 4 aromatic rings. The fraction of sp³-hybridized carbons (Fsp3) is 0.192. The SMILES string of the molecule is COc1ccc(-n2c(SCC(=O)Nc3cc(C)ccc3OC)nnc2-c2cccc(C)c2)cc1. The van der Waals surface area contributed by atoms with E-state index in [1.807, 2.05) is 79.1 Å². The summed E-state index contributed by atoms with van der Waals surface area (Å²) in [5.41, 5.74) is 4.63. The van der Waals surface area contributed by atoms with E-state index in [1.165, 1.54) is 11.8 Å². The highest BCUT2D eigenvalue weighted by molar-refractivity contribution is 7.99. The molecule has 0 radical (unpaired) electrons. The minimum atomic E-state index is -0.157. The van der Waals surface area contributed by atoms with Crippen LogP contribution in [0.25, 0.3) is 17.1 Å². The van der Waals surface area contributed by atoms with Crippen LogP contribution < -0.4 is 14.8 Å². The molecule has 3 aromatic carbocycles. The van der Waals surface area contributed by atoms with Gasteiger partial charge in [0.05, 0.1) is 25.7 Å². The minimum Gasteiger partial charge on any atom is -0.497 e. The Morgan fingerprint density at radius 1 is 0.941 bits per heavy atom. The number of carbonyl (C=O) groups is 1. The molecule has 0 saturated carbocycles. The molecule has 0 saturated heterocycles. The maximum Gasteiger partial charge on any atom is 0.234 e. The predicted molar refractivity (Wildman–Crippen MR) is 135 cm³/mol. The number of aryl methyl sites for hydroxylation is 2. The number of nitrogens with zero attached hydrogens (tertiary/aromatic N) is 3. The number of hydrogen-bond acceptors (Lipinski definition) is 6. The monoisotopic (exact) mass is 474 g/mol. The molecule has 8 heteroatoms. The van der Waals surface area contributed by atoms with E-state index in [0.29, 0.717) is 22.4 Å². The number of aromatic nitrogens is 3. The van der Waals surface area contributed by atoms with Gasteiger partial charge in [-0.25, -0.2) is 0 Å². The highest BCUT2D eigenvalue weighted by Gasteiger charge is 2.18. The Balaban J connectivity index is 1.61. The quantitative estimate of drug-likeness (QED) is 0.349. The summed E-state index contributed by atoms with van der Waals surface area (Å²) in [5, 5.41) is 12.4. The van der Waals surface area contributed by atoms with Crippen LogP contribution in [-0.2, 0) is 4.79 Å². The van der Waals surface area contributed by atoms with Crippen LogP contribution in [0, 0.1) is 13.8 Å². The van der Waals surface area contributed by atoms with Gasteiger partial charge in [0.25, 0.3) is 0 Å². The average Bonchev–Trinajstić information content (AvgIpc) is 3.27. The van der Waals surface area contributed by atoms with Gasteiger partial charge < -0.3 is 14.8 Å². The van der Waals surface area contributed by atoms with Crippen molar-refractivity contribution in [1.82, 2.24) is 14.8 Å². The number of methoxy groups -OCH3 is 2. The van der Waals surface area contributed by atoms with Crippen LogP contribution >= 0.6 is 11.8 Å². The molecule has 1 aromatic heterocycles. The van der Waals surface area contributed by atoms with Crippen LogP contribution in [0.1, 0.15) is 11.1 Å². The first-order chi connectivity index (χ1) is 16.5. The molecule has 0 aliphatic carbocycles. The molecule has 0 unspecified atom stereocenters. The first-order valence-corrected chi connectivity index (χ1v) is 11.7. The maximum atomic E-state index is 12.8. The molecule has 0 atom stereocenters. The van der Waals surface area contributed by atoms with Crippen molar-refractivity contribution in [3.63, 3.8) is 0 Å². The van der Waals surface area contributed by atoms with Crippen LogP contribution in [0.4, 0.5) is 5.69 Å². The van der Waals surface area contributed by atoms with Crippen LogP contribution in [0.2, 0.25) is 0 Å².